The molecule has 0 spiro atoms. The molecule has 2 rings (SSSR count). The van der Waals surface area contributed by atoms with E-state index in [0.717, 1.165) is 18.0 Å². The van der Waals surface area contributed by atoms with E-state index in [4.69, 9.17) is 0 Å². The van der Waals surface area contributed by atoms with Gasteiger partial charge in [0.25, 0.3) is 0 Å². The van der Waals surface area contributed by atoms with Crippen LogP contribution >= 0.6 is 0 Å². The van der Waals surface area contributed by atoms with Gasteiger partial charge in [-0.3, -0.25) is 4.90 Å². The molecule has 2 fully saturated rings. The van der Waals surface area contributed by atoms with Gasteiger partial charge in [0.15, 0.2) is 0 Å². The molecule has 0 radical (unpaired) electrons. The fourth-order valence-corrected chi connectivity index (χ4v) is 3.20. The highest BCUT2D eigenvalue weighted by Gasteiger charge is 2.30. The lowest BCUT2D eigenvalue weighted by atomic mass is 9.91. The molecule has 0 bridgehead atoms. The van der Waals surface area contributed by atoms with Crippen molar-refractivity contribution in [3.8, 4) is 0 Å². The Labute approximate surface area is 100 Å². The fraction of sp³-hybridized carbons (Fsp3) is 1.00. The smallest absolute Gasteiger partial charge is 0.0246 e. The molecule has 0 aromatic rings. The maximum atomic E-state index is 3.54. The zero-order valence-electron chi connectivity index (χ0n) is 11.1. The maximum absolute atomic E-state index is 3.54. The SMILES string of the molecule is CC1CCNCC1N1CCC(N(C)C)CC1. The van der Waals surface area contributed by atoms with Gasteiger partial charge in [0.05, 0.1) is 0 Å². The Morgan fingerprint density at radius 2 is 1.81 bits per heavy atom. The summed E-state index contributed by atoms with van der Waals surface area (Å²) >= 11 is 0. The van der Waals surface area contributed by atoms with Gasteiger partial charge in [-0.2, -0.15) is 0 Å². The van der Waals surface area contributed by atoms with E-state index in [0.29, 0.717) is 0 Å². The number of hydrogen-bond donors (Lipinski definition) is 1. The van der Waals surface area contributed by atoms with E-state index in [1.54, 1.807) is 0 Å². The Balaban J connectivity index is 1.83. The van der Waals surface area contributed by atoms with Crippen molar-refractivity contribution >= 4 is 0 Å². The van der Waals surface area contributed by atoms with Crippen LogP contribution in [0.25, 0.3) is 0 Å². The molecule has 2 saturated heterocycles. The summed E-state index contributed by atoms with van der Waals surface area (Å²) in [5, 5.41) is 3.54. The Kier molecular flexibility index (Phi) is 4.22. The average Bonchev–Trinajstić information content (AvgIpc) is 2.30. The number of piperidine rings is 2. The van der Waals surface area contributed by atoms with Gasteiger partial charge in [-0.25, -0.2) is 0 Å². The highest BCUT2D eigenvalue weighted by Crippen LogP contribution is 2.22. The monoisotopic (exact) mass is 225 g/mol. The molecule has 0 aliphatic carbocycles. The number of hydrogen-bond acceptors (Lipinski definition) is 3. The zero-order valence-corrected chi connectivity index (χ0v) is 11.1. The number of nitrogens with one attached hydrogen (secondary N) is 1. The van der Waals surface area contributed by atoms with Crippen molar-refractivity contribution in [2.75, 3.05) is 40.3 Å². The number of rotatable bonds is 2. The van der Waals surface area contributed by atoms with Gasteiger partial charge >= 0.3 is 0 Å². The fourth-order valence-electron chi connectivity index (χ4n) is 3.20. The highest BCUT2D eigenvalue weighted by molar-refractivity contribution is 4.87. The largest absolute Gasteiger partial charge is 0.315 e. The molecule has 2 aliphatic rings. The van der Waals surface area contributed by atoms with E-state index in [1.165, 1.54) is 45.4 Å². The van der Waals surface area contributed by atoms with Gasteiger partial charge in [-0.05, 0) is 58.9 Å². The van der Waals surface area contributed by atoms with Crippen molar-refractivity contribution in [3.63, 3.8) is 0 Å². The summed E-state index contributed by atoms with van der Waals surface area (Å²) < 4.78 is 0. The van der Waals surface area contributed by atoms with Crippen LogP contribution in [0.1, 0.15) is 26.2 Å². The summed E-state index contributed by atoms with van der Waals surface area (Å²) in [4.78, 5) is 5.11. The molecule has 2 unspecified atom stereocenters. The van der Waals surface area contributed by atoms with Gasteiger partial charge in [0.2, 0.25) is 0 Å². The van der Waals surface area contributed by atoms with E-state index in [-0.39, 0.29) is 0 Å². The molecule has 94 valence electrons. The summed E-state index contributed by atoms with van der Waals surface area (Å²) in [6, 6.07) is 1.60. The number of likely N-dealkylation sites (tertiary alicyclic amines) is 1. The van der Waals surface area contributed by atoms with Crippen LogP contribution < -0.4 is 5.32 Å². The Hall–Kier alpha value is -0.120. The minimum absolute atomic E-state index is 0.789. The minimum Gasteiger partial charge on any atom is -0.315 e. The summed E-state index contributed by atoms with van der Waals surface area (Å²) in [5.41, 5.74) is 0. The molecular weight excluding hydrogens is 198 g/mol. The van der Waals surface area contributed by atoms with Crippen molar-refractivity contribution in [2.24, 2.45) is 5.92 Å². The molecular formula is C13H27N3. The summed E-state index contributed by atoms with van der Waals surface area (Å²) in [7, 11) is 4.43. The molecule has 3 nitrogen and oxygen atoms in total. The van der Waals surface area contributed by atoms with Crippen LogP contribution in [-0.2, 0) is 0 Å². The lowest BCUT2D eigenvalue weighted by Crippen LogP contribution is -2.54. The molecule has 3 heteroatoms. The van der Waals surface area contributed by atoms with Gasteiger partial charge in [0, 0.05) is 18.6 Å². The predicted molar refractivity (Wildman–Crippen MR) is 68.7 cm³/mol. The molecule has 16 heavy (non-hydrogen) atoms. The van der Waals surface area contributed by atoms with Gasteiger partial charge in [-0.15, -0.1) is 0 Å². The van der Waals surface area contributed by atoms with Crippen LogP contribution in [0, 0.1) is 5.92 Å². The normalized spacial score (nSPS) is 34.5. The molecule has 0 aromatic carbocycles. The first kappa shape index (κ1) is 12.3. The highest BCUT2D eigenvalue weighted by atomic mass is 15.2. The van der Waals surface area contributed by atoms with E-state index in [2.05, 4.69) is 36.1 Å². The predicted octanol–water partition coefficient (Wildman–Crippen LogP) is 1.01. The summed E-state index contributed by atoms with van der Waals surface area (Å²) in [5.74, 6) is 0.872. The molecule has 0 amide bonds. The van der Waals surface area contributed by atoms with Crippen LogP contribution in [0.15, 0.2) is 0 Å². The molecule has 1 N–H and O–H groups in total. The summed E-state index contributed by atoms with van der Waals surface area (Å²) in [6.07, 6.45) is 4.03. The van der Waals surface area contributed by atoms with Crippen molar-refractivity contribution in [1.29, 1.82) is 0 Å². The van der Waals surface area contributed by atoms with Crippen molar-refractivity contribution in [3.05, 3.63) is 0 Å². The lowest BCUT2D eigenvalue weighted by Gasteiger charge is -2.43. The molecule has 2 aliphatic heterocycles. The van der Waals surface area contributed by atoms with Gasteiger partial charge < -0.3 is 10.2 Å². The van der Waals surface area contributed by atoms with Crippen molar-refractivity contribution in [1.82, 2.24) is 15.1 Å². The first-order chi connectivity index (χ1) is 7.68. The Morgan fingerprint density at radius 3 is 2.38 bits per heavy atom. The van der Waals surface area contributed by atoms with Gasteiger partial charge in [-0.1, -0.05) is 6.92 Å². The van der Waals surface area contributed by atoms with Crippen LogP contribution in [0.4, 0.5) is 0 Å². The number of nitrogens with zero attached hydrogens (tertiary/aromatic N) is 2. The third-order valence-electron chi connectivity index (χ3n) is 4.49. The van der Waals surface area contributed by atoms with E-state index < -0.39 is 0 Å². The molecule has 2 atom stereocenters. The van der Waals surface area contributed by atoms with Crippen molar-refractivity contribution in [2.45, 2.75) is 38.3 Å². The van der Waals surface area contributed by atoms with E-state index in [1.807, 2.05) is 0 Å². The quantitative estimate of drug-likeness (QED) is 0.757. The van der Waals surface area contributed by atoms with Crippen LogP contribution in [0.5, 0.6) is 0 Å². The average molecular weight is 225 g/mol. The second kappa shape index (κ2) is 5.48. The third-order valence-corrected chi connectivity index (χ3v) is 4.49. The van der Waals surface area contributed by atoms with E-state index in [9.17, 15) is 0 Å². The minimum atomic E-state index is 0.789. The third kappa shape index (κ3) is 2.76. The second-order valence-electron chi connectivity index (χ2n) is 5.77. The zero-order chi connectivity index (χ0) is 11.5. The maximum Gasteiger partial charge on any atom is 0.0246 e. The van der Waals surface area contributed by atoms with Crippen LogP contribution in [0.3, 0.4) is 0 Å². The van der Waals surface area contributed by atoms with Crippen LogP contribution in [0.2, 0.25) is 0 Å². The van der Waals surface area contributed by atoms with Crippen LogP contribution in [-0.4, -0.2) is 62.2 Å². The van der Waals surface area contributed by atoms with Crippen molar-refractivity contribution < 1.29 is 0 Å². The molecule has 0 aromatic heterocycles. The molecule has 0 saturated carbocycles. The standard InChI is InChI=1S/C13H27N3/c1-11-4-7-14-10-13(11)16-8-5-12(6-9-16)15(2)3/h11-14H,4-10H2,1-3H3. The summed E-state index contributed by atoms with van der Waals surface area (Å²) in [6.45, 7) is 7.42. The molecule has 2 heterocycles. The Bertz CT molecular complexity index is 209. The second-order valence-corrected chi connectivity index (χ2v) is 5.77. The van der Waals surface area contributed by atoms with Gasteiger partial charge in [0.1, 0.15) is 0 Å². The lowest BCUT2D eigenvalue weighted by molar-refractivity contribution is 0.0705. The first-order valence-corrected chi connectivity index (χ1v) is 6.79. The topological polar surface area (TPSA) is 18.5 Å². The van der Waals surface area contributed by atoms with E-state index >= 15 is 0 Å². The first-order valence-electron chi connectivity index (χ1n) is 6.79. The Morgan fingerprint density at radius 1 is 1.12 bits per heavy atom.